The summed E-state index contributed by atoms with van der Waals surface area (Å²) in [5, 5.41) is 17.0. The molecule has 6 N–H and O–H groups in total. The fourth-order valence-electron chi connectivity index (χ4n) is 4.42. The highest BCUT2D eigenvalue weighted by atomic mass is 16.5. The maximum Gasteiger partial charge on any atom is 0.439 e. The molecule has 2 atom stereocenters. The third-order valence-electron chi connectivity index (χ3n) is 6.31. The SMILES string of the molecule is Cc1cc(NC(=O)C(O)C2OCCN(c3cccc(N4CCOCC4=O)c3)C2=O)ccc1-c1noc(=O)[nH]1.N. The van der Waals surface area contributed by atoms with Gasteiger partial charge in [0.2, 0.25) is 0 Å². The molecule has 2 fully saturated rings. The lowest BCUT2D eigenvalue weighted by Crippen LogP contribution is -2.55. The molecule has 0 spiro atoms. The summed E-state index contributed by atoms with van der Waals surface area (Å²) < 4.78 is 15.2. The molecule has 14 nitrogen and oxygen atoms in total. The van der Waals surface area contributed by atoms with Crippen LogP contribution in [0.4, 0.5) is 17.1 Å². The number of ether oxygens (including phenoxy) is 2. The summed E-state index contributed by atoms with van der Waals surface area (Å²) in [5.41, 5.74) is 2.78. The predicted octanol–water partition coefficient (Wildman–Crippen LogP) is 0.595. The van der Waals surface area contributed by atoms with Crippen molar-refractivity contribution in [3.63, 3.8) is 0 Å². The molecule has 206 valence electrons. The fraction of sp³-hybridized carbons (Fsp3) is 0.320. The van der Waals surface area contributed by atoms with E-state index in [1.165, 1.54) is 4.90 Å². The number of carbonyl (C=O) groups is 3. The summed E-state index contributed by atoms with van der Waals surface area (Å²) in [7, 11) is 0. The number of amides is 3. The molecule has 3 heterocycles. The first-order chi connectivity index (χ1) is 18.3. The molecule has 0 radical (unpaired) electrons. The fourth-order valence-corrected chi connectivity index (χ4v) is 4.42. The third-order valence-corrected chi connectivity index (χ3v) is 6.31. The van der Waals surface area contributed by atoms with E-state index in [1.54, 1.807) is 54.3 Å². The van der Waals surface area contributed by atoms with Crippen LogP contribution in [0, 0.1) is 6.92 Å². The van der Waals surface area contributed by atoms with Crippen LogP contribution in [-0.2, 0) is 23.9 Å². The van der Waals surface area contributed by atoms with Crippen LogP contribution in [0.5, 0.6) is 0 Å². The topological polar surface area (TPSA) is 202 Å². The number of nitrogens with one attached hydrogen (secondary N) is 2. The molecule has 2 aliphatic rings. The highest BCUT2D eigenvalue weighted by Crippen LogP contribution is 2.27. The number of benzene rings is 2. The number of carbonyl (C=O) groups excluding carboxylic acids is 3. The van der Waals surface area contributed by atoms with E-state index in [-0.39, 0.29) is 37.6 Å². The number of rotatable bonds is 6. The van der Waals surface area contributed by atoms with Gasteiger partial charge in [-0.3, -0.25) is 23.9 Å². The number of hydrogen-bond donors (Lipinski definition) is 4. The second-order valence-corrected chi connectivity index (χ2v) is 8.81. The van der Waals surface area contributed by atoms with Crippen LogP contribution < -0.4 is 27.0 Å². The second-order valence-electron chi connectivity index (χ2n) is 8.81. The number of nitrogens with zero attached hydrogens (tertiary/aromatic N) is 3. The highest BCUT2D eigenvalue weighted by Gasteiger charge is 2.39. The molecule has 3 aromatic rings. The first-order valence-electron chi connectivity index (χ1n) is 11.9. The lowest BCUT2D eigenvalue weighted by molar-refractivity contribution is -0.150. The van der Waals surface area contributed by atoms with E-state index in [9.17, 15) is 24.3 Å². The number of hydrogen-bond acceptors (Lipinski definition) is 10. The van der Waals surface area contributed by atoms with Gasteiger partial charge in [0.1, 0.15) is 6.61 Å². The summed E-state index contributed by atoms with van der Waals surface area (Å²) in [5.74, 6) is -2.02. The van der Waals surface area contributed by atoms with E-state index in [2.05, 4.69) is 20.0 Å². The molecule has 0 aliphatic carbocycles. The maximum atomic E-state index is 13.2. The van der Waals surface area contributed by atoms with Gasteiger partial charge >= 0.3 is 5.76 Å². The van der Waals surface area contributed by atoms with Gasteiger partial charge in [-0.2, -0.15) is 0 Å². The first-order valence-corrected chi connectivity index (χ1v) is 11.9. The van der Waals surface area contributed by atoms with Gasteiger partial charge in [-0.1, -0.05) is 11.2 Å². The van der Waals surface area contributed by atoms with Crippen molar-refractivity contribution in [2.24, 2.45) is 0 Å². The van der Waals surface area contributed by atoms with E-state index < -0.39 is 29.8 Å². The van der Waals surface area contributed by atoms with Gasteiger partial charge in [-0.05, 0) is 48.9 Å². The molecule has 1 aromatic heterocycles. The Kier molecular flexibility index (Phi) is 8.21. The van der Waals surface area contributed by atoms with Crippen LogP contribution in [0.2, 0.25) is 0 Å². The normalized spacial score (nSPS) is 18.5. The van der Waals surface area contributed by atoms with Crippen molar-refractivity contribution < 1.29 is 33.5 Å². The van der Waals surface area contributed by atoms with E-state index in [0.29, 0.717) is 41.3 Å². The summed E-state index contributed by atoms with van der Waals surface area (Å²) in [6, 6.07) is 11.7. The van der Waals surface area contributed by atoms with Crippen molar-refractivity contribution in [3.8, 4) is 11.4 Å². The zero-order valence-electron chi connectivity index (χ0n) is 21.1. The van der Waals surface area contributed by atoms with Crippen LogP contribution in [0.25, 0.3) is 11.4 Å². The molecule has 5 rings (SSSR count). The number of morpholine rings is 2. The van der Waals surface area contributed by atoms with Crippen molar-refractivity contribution in [3.05, 3.63) is 58.6 Å². The number of H-pyrrole nitrogens is 1. The van der Waals surface area contributed by atoms with Crippen LogP contribution in [0.3, 0.4) is 0 Å². The minimum absolute atomic E-state index is 0. The van der Waals surface area contributed by atoms with Gasteiger partial charge in [-0.25, -0.2) is 4.79 Å². The molecule has 39 heavy (non-hydrogen) atoms. The van der Waals surface area contributed by atoms with E-state index >= 15 is 0 Å². The zero-order chi connectivity index (χ0) is 26.8. The quantitative estimate of drug-likeness (QED) is 0.343. The molecule has 0 bridgehead atoms. The molecule has 2 aliphatic heterocycles. The number of aromatic amines is 1. The average molecular weight is 541 g/mol. The zero-order valence-corrected chi connectivity index (χ0v) is 21.1. The Balaban J connectivity index is 0.00000353. The Morgan fingerprint density at radius 1 is 1.10 bits per heavy atom. The summed E-state index contributed by atoms with van der Waals surface area (Å²) >= 11 is 0. The molecular weight excluding hydrogens is 512 g/mol. The molecule has 2 saturated heterocycles. The molecule has 14 heteroatoms. The lowest BCUT2D eigenvalue weighted by atomic mass is 10.1. The van der Waals surface area contributed by atoms with Gasteiger partial charge in [0.25, 0.3) is 17.7 Å². The number of aliphatic hydroxyl groups is 1. The number of aliphatic hydroxyl groups excluding tert-OH is 1. The van der Waals surface area contributed by atoms with Crippen molar-refractivity contribution >= 4 is 34.8 Å². The largest absolute Gasteiger partial charge is 0.439 e. The van der Waals surface area contributed by atoms with Gasteiger partial charge in [0.05, 0.1) is 13.2 Å². The molecule has 3 amide bonds. The number of aromatic nitrogens is 2. The predicted molar refractivity (Wildman–Crippen MR) is 139 cm³/mol. The van der Waals surface area contributed by atoms with Gasteiger partial charge in [0, 0.05) is 35.7 Å². The van der Waals surface area contributed by atoms with Crippen molar-refractivity contribution in [1.82, 2.24) is 16.3 Å². The van der Waals surface area contributed by atoms with E-state index in [4.69, 9.17) is 9.47 Å². The van der Waals surface area contributed by atoms with Crippen molar-refractivity contribution in [2.75, 3.05) is 48.0 Å². The monoisotopic (exact) mass is 540 g/mol. The second kappa shape index (κ2) is 11.6. The van der Waals surface area contributed by atoms with Crippen LogP contribution in [0.1, 0.15) is 5.56 Å². The van der Waals surface area contributed by atoms with Gasteiger partial charge in [-0.15, -0.1) is 0 Å². The van der Waals surface area contributed by atoms with Crippen molar-refractivity contribution in [2.45, 2.75) is 19.1 Å². The van der Waals surface area contributed by atoms with Crippen LogP contribution in [-0.4, -0.2) is 78.1 Å². The number of anilines is 3. The van der Waals surface area contributed by atoms with Gasteiger partial charge < -0.3 is 35.8 Å². The summed E-state index contributed by atoms with van der Waals surface area (Å²) in [6.45, 7) is 2.88. The third kappa shape index (κ3) is 5.73. The van der Waals surface area contributed by atoms with Gasteiger partial charge in [0.15, 0.2) is 18.0 Å². The highest BCUT2D eigenvalue weighted by molar-refractivity contribution is 6.04. The minimum Gasteiger partial charge on any atom is -0.380 e. The summed E-state index contributed by atoms with van der Waals surface area (Å²) in [6.07, 6.45) is -3.20. The molecule has 2 unspecified atom stereocenters. The Hall–Kier alpha value is -4.37. The van der Waals surface area contributed by atoms with Crippen LogP contribution in [0.15, 0.2) is 51.8 Å². The standard InChI is InChI=1S/C25H25N5O8.H3N/c1-14-11-15(5-6-18(14)22-27-25(35)38-28-22)26-23(33)20(32)21-24(34)30(8-10-37-21)17-4-2-3-16(12-17)29-7-9-36-13-19(29)31;/h2-6,11-12,20-21,32H,7-10,13H2,1H3,(H,26,33)(H,27,28,35);1H3. The van der Waals surface area contributed by atoms with Crippen molar-refractivity contribution in [1.29, 1.82) is 0 Å². The Morgan fingerprint density at radius 3 is 2.54 bits per heavy atom. The van der Waals surface area contributed by atoms with Crippen LogP contribution >= 0.6 is 0 Å². The van der Waals surface area contributed by atoms with E-state index in [1.807, 2.05) is 0 Å². The molecule has 2 aromatic carbocycles. The Morgan fingerprint density at radius 2 is 1.85 bits per heavy atom. The minimum atomic E-state index is -1.78. The average Bonchev–Trinajstić information content (AvgIpc) is 3.34. The maximum absolute atomic E-state index is 13.2. The Labute approximate surface area is 222 Å². The van der Waals surface area contributed by atoms with E-state index in [0.717, 1.165) is 0 Å². The lowest BCUT2D eigenvalue weighted by Gasteiger charge is -2.35. The smallest absolute Gasteiger partial charge is 0.380 e. The molecular formula is C25H28N6O8. The molecule has 0 saturated carbocycles. The first kappa shape index (κ1) is 27.7. The summed E-state index contributed by atoms with van der Waals surface area (Å²) in [4.78, 5) is 55.0. The number of aryl methyl sites for hydroxylation is 1. The Bertz CT molecular complexity index is 1440.